The summed E-state index contributed by atoms with van der Waals surface area (Å²) in [6, 6.07) is 38.8. The molecule has 0 saturated heterocycles. The standard InChI is InChI=1S/2C14H17NO.C12H19NO2.C11H15ClFNO.C11H15N3O.C10H15NO.C9H12N2O.2C9H12O2.C8H9ClFN.C8H11NOS.CO2/c2*1-9(2)11-5-6-12-8-13(10(3)16)15(4)14(12)7-11;1-5-6-15-12-7-11(14-4)10(8-13-12)9(2)3;1-6(2)9-10(13)8(12)5-14-11(9)15-7(3)4;1-7(2)10-12-13-11(14(10)4)9-8(3)5-6-15-9;1-7(2)9-5-6-10(8(3)12)11(9)4;1-6(2)7-3-4-8(9(10)12)11-5-7;2*1-6(2)8-4-5-9(11-8)7(3)10;1-5(2)6-3-11-4-7(9)8(6)10;1-5(2)6-3-4-7(11-6)8(9)10;2-1-3/h2*5-9H,1-4H3;7-9H,5-6H2,1-4H3;2*5-7H,1-4H3;5-7H,1-4H3;3-6H,1-2H3,(H2,10,12);2*4-6H,1-3H3;3-5H,1-2H3;3-5H,1-2H3,(H2,9,10);. The summed E-state index contributed by atoms with van der Waals surface area (Å²) in [5.74, 6) is 9.78. The van der Waals surface area contributed by atoms with Crippen LogP contribution < -0.4 is 25.7 Å². The Morgan fingerprint density at radius 2 is 0.959 bits per heavy atom. The predicted molar refractivity (Wildman–Crippen MR) is 588 cm³/mol. The van der Waals surface area contributed by atoms with Crippen LogP contribution in [0.3, 0.4) is 0 Å². The molecule has 27 nitrogen and oxygen atoms in total. The van der Waals surface area contributed by atoms with Crippen molar-refractivity contribution in [1.82, 2.24) is 48.4 Å². The summed E-state index contributed by atoms with van der Waals surface area (Å²) in [6.45, 7) is 61.7. The van der Waals surface area contributed by atoms with Gasteiger partial charge < -0.3 is 57.2 Å². The van der Waals surface area contributed by atoms with E-state index in [4.69, 9.17) is 71.7 Å². The molecule has 0 fully saturated rings. The first-order valence-corrected chi connectivity index (χ1v) is 51.0. The number of furan rings is 3. The van der Waals surface area contributed by atoms with Gasteiger partial charge in [-0.3, -0.25) is 43.5 Å². The molecule has 0 unspecified atom stereocenters. The van der Waals surface area contributed by atoms with Crippen LogP contribution in [0.4, 0.5) is 8.78 Å². The Morgan fingerprint density at radius 3 is 1.29 bits per heavy atom. The number of halogens is 4. The van der Waals surface area contributed by atoms with Crippen LogP contribution >= 0.6 is 34.5 Å². The number of rotatable bonds is 25. The lowest BCUT2D eigenvalue weighted by atomic mass is 10.0. The first-order chi connectivity index (χ1) is 69.2. The predicted octanol–water partition coefficient (Wildman–Crippen LogP) is 29.6. The Morgan fingerprint density at radius 1 is 0.466 bits per heavy atom. The van der Waals surface area contributed by atoms with E-state index >= 15 is 0 Å². The zero-order valence-electron chi connectivity index (χ0n) is 93.0. The number of ketones is 5. The number of ether oxygens (including phenoxy) is 3. The van der Waals surface area contributed by atoms with E-state index in [9.17, 15) is 42.3 Å². The maximum Gasteiger partial charge on any atom is 0.373 e. The Balaban J connectivity index is 0.000000418. The molecule has 0 aliphatic rings. The third-order valence-corrected chi connectivity index (χ3v) is 24.5. The fourth-order valence-electron chi connectivity index (χ4n) is 14.0. The molecule has 148 heavy (non-hydrogen) atoms. The first kappa shape index (κ1) is 129. The molecule has 0 atom stereocenters. The topological polar surface area (TPSA) is 370 Å². The van der Waals surface area contributed by atoms with E-state index in [-0.39, 0.29) is 74.8 Å². The maximum absolute atomic E-state index is 13.7. The van der Waals surface area contributed by atoms with Crippen molar-refractivity contribution in [2.24, 2.45) is 39.7 Å². The number of Topliss-reactive ketones (excluding diaryl/α,β-unsaturated/α-hetero) is 5. The number of aryl methyl sites for hydroxylation is 3. The van der Waals surface area contributed by atoms with E-state index in [1.54, 1.807) is 64.6 Å². The van der Waals surface area contributed by atoms with Crippen LogP contribution in [0.25, 0.3) is 33.4 Å². The number of amides is 2. The number of thiophene rings is 1. The van der Waals surface area contributed by atoms with E-state index in [2.05, 4.69) is 170 Å². The molecule has 14 aromatic rings. The van der Waals surface area contributed by atoms with Gasteiger partial charge in [0.2, 0.25) is 11.8 Å². The molecule has 2 amide bonds. The van der Waals surface area contributed by atoms with Gasteiger partial charge in [-0.15, -0.1) is 21.5 Å². The summed E-state index contributed by atoms with van der Waals surface area (Å²) >= 11 is 12.7. The van der Waals surface area contributed by atoms with Crippen molar-refractivity contribution < 1.29 is 79.4 Å². The molecule has 0 aliphatic carbocycles. The van der Waals surface area contributed by atoms with Crippen LogP contribution in [0.5, 0.6) is 17.5 Å². The van der Waals surface area contributed by atoms with E-state index < -0.39 is 11.7 Å². The smallest absolute Gasteiger partial charge is 0.373 e. The quantitative estimate of drug-likeness (QED) is 0.0502. The molecule has 32 heteroatoms. The number of pyridine rings is 4. The highest BCUT2D eigenvalue weighted by atomic mass is 35.5. The van der Waals surface area contributed by atoms with Crippen LogP contribution in [0, 0.1) is 18.6 Å². The monoisotopic (exact) mass is 2100 g/mol. The molecule has 0 spiro atoms. The first-order valence-electron chi connectivity index (χ1n) is 49.4. The third kappa shape index (κ3) is 40.0. The minimum absolute atomic E-state index is 0.00931. The van der Waals surface area contributed by atoms with Crippen LogP contribution in [0.15, 0.2) is 172 Å². The second-order valence-corrected chi connectivity index (χ2v) is 40.6. The van der Waals surface area contributed by atoms with Gasteiger partial charge in [0.05, 0.1) is 69.8 Å². The van der Waals surface area contributed by atoms with Gasteiger partial charge in [-0.1, -0.05) is 213 Å². The van der Waals surface area contributed by atoms with Crippen molar-refractivity contribution in [3.8, 4) is 29.1 Å². The fourth-order valence-corrected chi connectivity index (χ4v) is 15.2. The van der Waals surface area contributed by atoms with Gasteiger partial charge in [0, 0.05) is 155 Å². The number of carbonyl (C=O) groups excluding carboxylic acids is 9. The van der Waals surface area contributed by atoms with Gasteiger partial charge >= 0.3 is 6.15 Å². The number of hydrogen-bond donors (Lipinski definition) is 2. The molecule has 0 radical (unpaired) electrons. The minimum Gasteiger partial charge on any atom is -0.496 e. The highest BCUT2D eigenvalue weighted by molar-refractivity contribution is 7.14. The molecular formula is C116H154Cl2F2N12O15S. The average Bonchev–Trinajstić information content (AvgIpc) is 1.65. The molecule has 0 aliphatic heterocycles. The van der Waals surface area contributed by atoms with Crippen LogP contribution in [-0.2, 0) is 37.8 Å². The Kier molecular flexibility index (Phi) is 54.5. The molecule has 2 aromatic carbocycles. The lowest BCUT2D eigenvalue weighted by molar-refractivity contribution is -0.191. The Labute approximate surface area is 886 Å². The zero-order chi connectivity index (χ0) is 112. The lowest BCUT2D eigenvalue weighted by Crippen LogP contribution is -2.12. The summed E-state index contributed by atoms with van der Waals surface area (Å²) in [5, 5.41) is 10.7. The number of fused-ring (bicyclic) bond motifs is 2. The van der Waals surface area contributed by atoms with Gasteiger partial charge in [-0.05, 0) is 182 Å². The Bertz CT molecular complexity index is 6390. The van der Waals surface area contributed by atoms with Crippen LogP contribution in [-0.4, -0.2) is 115 Å². The summed E-state index contributed by atoms with van der Waals surface area (Å²) in [6.07, 6.45) is 10.5. The summed E-state index contributed by atoms with van der Waals surface area (Å²) in [7, 11) is 9.47. The second kappa shape index (κ2) is 62.7. The van der Waals surface area contributed by atoms with Gasteiger partial charge in [0.15, 0.2) is 57.8 Å². The number of aromatic nitrogens is 10. The summed E-state index contributed by atoms with van der Waals surface area (Å²) in [5.41, 5.74) is 23.2. The number of nitrogens with zero attached hydrogens (tertiary/aromatic N) is 10. The van der Waals surface area contributed by atoms with Crippen LogP contribution in [0.1, 0.15) is 419 Å². The molecular weight excluding hydrogens is 1940 g/mol. The largest absolute Gasteiger partial charge is 0.496 e. The van der Waals surface area contributed by atoms with Gasteiger partial charge in [-0.25, -0.2) is 18.7 Å². The number of methoxy groups -OCH3 is 1. The molecule has 14 rings (SSSR count). The van der Waals surface area contributed by atoms with Gasteiger partial charge in [-0.2, -0.15) is 9.59 Å². The lowest BCUT2D eigenvalue weighted by Gasteiger charge is -2.16. The highest BCUT2D eigenvalue weighted by Crippen LogP contribution is 2.35. The molecule has 802 valence electrons. The van der Waals surface area contributed by atoms with Gasteiger partial charge in [0.1, 0.15) is 34.6 Å². The van der Waals surface area contributed by atoms with Crippen molar-refractivity contribution in [1.29, 1.82) is 0 Å². The molecule has 12 aromatic heterocycles. The number of carbonyl (C=O) groups is 7. The number of hydrogen-bond acceptors (Lipinski definition) is 22. The summed E-state index contributed by atoms with van der Waals surface area (Å²) < 4.78 is 66.8. The van der Waals surface area contributed by atoms with Crippen molar-refractivity contribution in [2.75, 3.05) is 13.7 Å². The molecule has 4 N–H and O–H groups in total. The van der Waals surface area contributed by atoms with E-state index in [0.717, 1.165) is 96.7 Å². The van der Waals surface area contributed by atoms with E-state index in [1.165, 1.54) is 65.5 Å². The third-order valence-electron chi connectivity index (χ3n) is 22.6. The SMILES string of the molecule is CC(=O)c1cc2ccc(C(C)C)cc2n1C.CC(=O)c1cc2ccc(C(C)C)cc2n1C.CC(=O)c1ccc(C(C)C)n1C.CC(=O)c1ccc(C(C)C)o1.CC(=O)c1ccc(C(C)C)o1.CC(C)Oc1ncc(Cl)c(F)c1C(C)C.CC(C)c1ccc(C(N)=O)nc1.CC(C)c1ccc(C(N)=O)s1.CC(C)c1cncc(Cl)c1F.CCCOc1cc(OC)c(C(C)C)cn1.Cc1ccoc1-c1nnc(C(C)C)n1C.O=C=O. The van der Waals surface area contributed by atoms with E-state index in [1.807, 2.05) is 189 Å². The molecule has 0 bridgehead atoms. The number of nitrogens with two attached hydrogens (primary N) is 2. The van der Waals surface area contributed by atoms with Crippen molar-refractivity contribution >= 4 is 103 Å². The highest BCUT2D eigenvalue weighted by Gasteiger charge is 2.23. The van der Waals surface area contributed by atoms with Gasteiger partial charge in [0.25, 0.3) is 11.8 Å². The van der Waals surface area contributed by atoms with Crippen LogP contribution in [0.2, 0.25) is 10.0 Å². The fraction of sp³-hybridized carbons (Fsp3) is 0.431. The minimum atomic E-state index is -0.481. The zero-order valence-corrected chi connectivity index (χ0v) is 95.4. The summed E-state index contributed by atoms with van der Waals surface area (Å²) in [4.78, 5) is 111. The molecule has 0 saturated carbocycles. The van der Waals surface area contributed by atoms with Crippen molar-refractivity contribution in [3.05, 3.63) is 286 Å². The van der Waals surface area contributed by atoms with Crippen molar-refractivity contribution in [2.45, 2.75) is 292 Å². The Hall–Kier alpha value is -13.4. The number of primary amides is 2. The number of benzene rings is 2. The normalized spacial score (nSPS) is 10.7. The average molecular weight is 2100 g/mol. The maximum atomic E-state index is 13.7. The molecule has 12 heterocycles. The van der Waals surface area contributed by atoms with Crippen molar-refractivity contribution in [3.63, 3.8) is 0 Å². The second-order valence-electron chi connectivity index (χ2n) is 38.7. The van der Waals surface area contributed by atoms with E-state index in [0.29, 0.717) is 105 Å².